The van der Waals surface area contributed by atoms with Crippen LogP contribution in [0.25, 0.3) is 0 Å². The summed E-state index contributed by atoms with van der Waals surface area (Å²) in [5.41, 5.74) is 6.86. The molecule has 14 heavy (non-hydrogen) atoms. The van der Waals surface area contributed by atoms with Gasteiger partial charge in [-0.1, -0.05) is 13.8 Å². The zero-order chi connectivity index (χ0) is 10.2. The first-order chi connectivity index (χ1) is 6.57. The monoisotopic (exact) mass is 228 g/mol. The summed E-state index contributed by atoms with van der Waals surface area (Å²) in [6.45, 7) is 4.64. The van der Waals surface area contributed by atoms with Gasteiger partial charge < -0.3 is 5.73 Å². The van der Waals surface area contributed by atoms with Crippen LogP contribution in [0, 0.1) is 0 Å². The molecule has 1 fully saturated rings. The van der Waals surface area contributed by atoms with E-state index in [1.54, 1.807) is 11.3 Å². The van der Waals surface area contributed by atoms with Crippen LogP contribution in [-0.2, 0) is 0 Å². The Morgan fingerprint density at radius 1 is 1.57 bits per heavy atom. The zero-order valence-electron chi connectivity index (χ0n) is 8.62. The third kappa shape index (κ3) is 2.23. The van der Waals surface area contributed by atoms with E-state index < -0.39 is 0 Å². The van der Waals surface area contributed by atoms with Crippen molar-refractivity contribution in [1.82, 2.24) is 4.98 Å². The van der Waals surface area contributed by atoms with Gasteiger partial charge in [-0.3, -0.25) is 0 Å². The van der Waals surface area contributed by atoms with E-state index in [-0.39, 0.29) is 0 Å². The number of hydrogen-bond acceptors (Lipinski definition) is 4. The van der Waals surface area contributed by atoms with Gasteiger partial charge >= 0.3 is 0 Å². The average Bonchev–Trinajstić information content (AvgIpc) is 2.50. The highest BCUT2D eigenvalue weighted by atomic mass is 32.2. The summed E-state index contributed by atoms with van der Waals surface area (Å²) in [4.78, 5) is 4.39. The van der Waals surface area contributed by atoms with Gasteiger partial charge in [-0.25, -0.2) is 4.98 Å². The van der Waals surface area contributed by atoms with Gasteiger partial charge in [0, 0.05) is 16.0 Å². The molecule has 78 valence electrons. The summed E-state index contributed by atoms with van der Waals surface area (Å²) in [6.07, 6.45) is 2.47. The van der Waals surface area contributed by atoms with Crippen molar-refractivity contribution in [2.75, 3.05) is 11.5 Å². The minimum Gasteiger partial charge on any atom is -0.375 e. The summed E-state index contributed by atoms with van der Waals surface area (Å²) in [5.74, 6) is 1.87. The molecule has 1 unspecified atom stereocenters. The molecular weight excluding hydrogens is 212 g/mol. The maximum Gasteiger partial charge on any atom is 0.180 e. The summed E-state index contributed by atoms with van der Waals surface area (Å²) in [5, 5.41) is 2.82. The van der Waals surface area contributed by atoms with Crippen LogP contribution in [0.5, 0.6) is 0 Å². The molecule has 0 bridgehead atoms. The molecule has 0 amide bonds. The fourth-order valence-electron chi connectivity index (χ4n) is 1.97. The molecule has 1 aliphatic heterocycles. The number of anilines is 1. The Morgan fingerprint density at radius 2 is 2.36 bits per heavy atom. The Hall–Kier alpha value is -0.220. The lowest BCUT2D eigenvalue weighted by Crippen LogP contribution is -2.25. The second-order valence-electron chi connectivity index (χ2n) is 4.41. The topological polar surface area (TPSA) is 38.9 Å². The number of nitrogen functional groups attached to an aromatic ring is 1. The molecule has 0 aliphatic carbocycles. The molecule has 2 rings (SSSR count). The minimum absolute atomic E-state index is 0.404. The fourth-order valence-corrected chi connectivity index (χ4v) is 3.89. The molecule has 2 nitrogen and oxygen atoms in total. The number of nitrogens with two attached hydrogens (primary N) is 1. The Labute approximate surface area is 93.3 Å². The number of nitrogens with zero attached hydrogens (tertiary/aromatic N) is 1. The fraction of sp³-hybridized carbons (Fsp3) is 0.700. The predicted molar refractivity (Wildman–Crippen MR) is 65.0 cm³/mol. The predicted octanol–water partition coefficient (Wildman–Crippen LogP) is 3.11. The number of rotatable bonds is 1. The van der Waals surface area contributed by atoms with Crippen LogP contribution in [-0.4, -0.2) is 15.5 Å². The maximum absolute atomic E-state index is 5.66. The standard InChI is InChI=1S/C10H16N2S2/c1-10(2)5-7(3-4-14-10)8-6-13-9(11)12-8/h6-7H,3-5H2,1-2H3,(H2,11,12). The lowest BCUT2D eigenvalue weighted by Gasteiger charge is -2.33. The van der Waals surface area contributed by atoms with E-state index in [4.69, 9.17) is 5.73 Å². The molecule has 0 spiro atoms. The first-order valence-corrected chi connectivity index (χ1v) is 6.78. The highest BCUT2D eigenvalue weighted by molar-refractivity contribution is 8.00. The van der Waals surface area contributed by atoms with E-state index in [2.05, 4.69) is 36.0 Å². The molecular formula is C10H16N2S2. The van der Waals surface area contributed by atoms with Gasteiger partial charge in [0.05, 0.1) is 5.69 Å². The molecule has 1 saturated heterocycles. The summed E-state index contributed by atoms with van der Waals surface area (Å²) in [7, 11) is 0. The van der Waals surface area contributed by atoms with Crippen LogP contribution in [0.3, 0.4) is 0 Å². The third-order valence-corrected chi connectivity index (χ3v) is 4.74. The molecule has 0 aromatic carbocycles. The van der Waals surface area contributed by atoms with Crippen molar-refractivity contribution in [3.63, 3.8) is 0 Å². The van der Waals surface area contributed by atoms with Crippen LogP contribution in [0.4, 0.5) is 5.13 Å². The van der Waals surface area contributed by atoms with Crippen molar-refractivity contribution >= 4 is 28.2 Å². The Balaban J connectivity index is 2.12. The number of hydrogen-bond donors (Lipinski definition) is 1. The second kappa shape index (κ2) is 3.74. The Morgan fingerprint density at radius 3 is 2.93 bits per heavy atom. The molecule has 1 aromatic heterocycles. The van der Waals surface area contributed by atoms with Crippen LogP contribution < -0.4 is 5.73 Å². The van der Waals surface area contributed by atoms with Crippen molar-refractivity contribution in [3.8, 4) is 0 Å². The first kappa shape index (κ1) is 10.3. The quantitative estimate of drug-likeness (QED) is 0.802. The number of aromatic nitrogens is 1. The lowest BCUT2D eigenvalue weighted by molar-refractivity contribution is 0.499. The molecule has 1 aromatic rings. The van der Waals surface area contributed by atoms with Gasteiger partial charge in [0.25, 0.3) is 0 Å². The Kier molecular flexibility index (Phi) is 2.75. The van der Waals surface area contributed by atoms with Crippen molar-refractivity contribution < 1.29 is 0 Å². The summed E-state index contributed by atoms with van der Waals surface area (Å²) < 4.78 is 0.404. The summed E-state index contributed by atoms with van der Waals surface area (Å²) in [6, 6.07) is 0. The maximum atomic E-state index is 5.66. The van der Waals surface area contributed by atoms with Gasteiger partial charge in [-0.2, -0.15) is 11.8 Å². The van der Waals surface area contributed by atoms with E-state index in [1.165, 1.54) is 24.3 Å². The van der Waals surface area contributed by atoms with Gasteiger partial charge in [-0.05, 0) is 18.6 Å². The van der Waals surface area contributed by atoms with Crippen LogP contribution >= 0.6 is 23.1 Å². The van der Waals surface area contributed by atoms with E-state index in [9.17, 15) is 0 Å². The van der Waals surface area contributed by atoms with E-state index in [0.717, 1.165) is 0 Å². The minimum atomic E-state index is 0.404. The van der Waals surface area contributed by atoms with Crippen LogP contribution in [0.15, 0.2) is 5.38 Å². The second-order valence-corrected chi connectivity index (χ2v) is 7.10. The molecule has 2 heterocycles. The normalized spacial score (nSPS) is 26.3. The molecule has 4 heteroatoms. The van der Waals surface area contributed by atoms with Crippen molar-refractivity contribution in [3.05, 3.63) is 11.1 Å². The lowest BCUT2D eigenvalue weighted by atomic mass is 9.91. The largest absolute Gasteiger partial charge is 0.375 e. The van der Waals surface area contributed by atoms with Gasteiger partial charge in [0.15, 0.2) is 5.13 Å². The first-order valence-electron chi connectivity index (χ1n) is 4.92. The van der Waals surface area contributed by atoms with Crippen LogP contribution in [0.1, 0.15) is 38.3 Å². The zero-order valence-corrected chi connectivity index (χ0v) is 10.3. The molecule has 0 radical (unpaired) electrons. The highest BCUT2D eigenvalue weighted by Gasteiger charge is 2.30. The van der Waals surface area contributed by atoms with Gasteiger partial charge in [0.2, 0.25) is 0 Å². The average molecular weight is 228 g/mol. The highest BCUT2D eigenvalue weighted by Crippen LogP contribution is 2.43. The van der Waals surface area contributed by atoms with E-state index >= 15 is 0 Å². The summed E-state index contributed by atoms with van der Waals surface area (Å²) >= 11 is 3.63. The third-order valence-electron chi connectivity index (χ3n) is 2.66. The SMILES string of the molecule is CC1(C)CC(c2csc(N)n2)CCS1. The van der Waals surface area contributed by atoms with E-state index in [0.29, 0.717) is 15.8 Å². The van der Waals surface area contributed by atoms with Crippen molar-refractivity contribution in [2.24, 2.45) is 0 Å². The van der Waals surface area contributed by atoms with E-state index in [1.807, 2.05) is 0 Å². The molecule has 0 saturated carbocycles. The van der Waals surface area contributed by atoms with Gasteiger partial charge in [-0.15, -0.1) is 11.3 Å². The Bertz CT molecular complexity index is 320. The molecule has 2 N–H and O–H groups in total. The van der Waals surface area contributed by atoms with Crippen LogP contribution in [0.2, 0.25) is 0 Å². The van der Waals surface area contributed by atoms with Crippen molar-refractivity contribution in [1.29, 1.82) is 0 Å². The number of thioether (sulfide) groups is 1. The molecule has 1 aliphatic rings. The van der Waals surface area contributed by atoms with Crippen molar-refractivity contribution in [2.45, 2.75) is 37.4 Å². The van der Waals surface area contributed by atoms with Gasteiger partial charge in [0.1, 0.15) is 0 Å². The number of thiazole rings is 1. The molecule has 1 atom stereocenters. The smallest absolute Gasteiger partial charge is 0.180 e.